The number of benzene rings is 1. The molecule has 0 amide bonds. The van der Waals surface area contributed by atoms with Crippen LogP contribution in [0.25, 0.3) is 0 Å². The summed E-state index contributed by atoms with van der Waals surface area (Å²) in [5.41, 5.74) is 1.17. The van der Waals surface area contributed by atoms with Gasteiger partial charge in [-0.05, 0) is 62.9 Å². The van der Waals surface area contributed by atoms with Crippen LogP contribution in [0.4, 0.5) is 0 Å². The average molecular weight is 290 g/mol. The molecule has 0 spiro atoms. The first-order chi connectivity index (χ1) is 8.25. The van der Waals surface area contributed by atoms with Crippen LogP contribution < -0.4 is 10.1 Å². The van der Waals surface area contributed by atoms with E-state index in [9.17, 15) is 0 Å². The largest absolute Gasteiger partial charge is 0.492 e. The van der Waals surface area contributed by atoms with Crippen molar-refractivity contribution in [1.82, 2.24) is 5.32 Å². The molecule has 1 atom stereocenters. The Morgan fingerprint density at radius 2 is 2.28 bits per heavy atom. The molecule has 0 saturated carbocycles. The van der Waals surface area contributed by atoms with Gasteiger partial charge in [0.05, 0.1) is 11.6 Å². The fourth-order valence-electron chi connectivity index (χ4n) is 2.23. The van der Waals surface area contributed by atoms with Crippen molar-refractivity contribution in [3.63, 3.8) is 0 Å². The smallest absolute Gasteiger partial charge is 0.137 e. The number of hydrogen-bond acceptors (Lipinski definition) is 2. The minimum absolute atomic E-state index is 0. The normalized spacial score (nSPS) is 19.1. The molecule has 1 aliphatic heterocycles. The zero-order valence-corrected chi connectivity index (χ0v) is 12.3. The Balaban J connectivity index is 0.00000162. The van der Waals surface area contributed by atoms with E-state index in [0.29, 0.717) is 5.02 Å². The molecule has 1 unspecified atom stereocenters. The van der Waals surface area contributed by atoms with Crippen molar-refractivity contribution in [2.24, 2.45) is 5.92 Å². The second kappa shape index (κ2) is 7.88. The summed E-state index contributed by atoms with van der Waals surface area (Å²) >= 11 is 6.11. The van der Waals surface area contributed by atoms with Gasteiger partial charge in [-0.15, -0.1) is 12.4 Å². The molecule has 1 N–H and O–H groups in total. The molecule has 2 nitrogen and oxygen atoms in total. The Morgan fingerprint density at radius 3 is 2.94 bits per heavy atom. The van der Waals surface area contributed by atoms with Crippen LogP contribution in [0.3, 0.4) is 0 Å². The van der Waals surface area contributed by atoms with Crippen LogP contribution in [-0.2, 0) is 0 Å². The van der Waals surface area contributed by atoms with Gasteiger partial charge in [0.1, 0.15) is 5.75 Å². The van der Waals surface area contributed by atoms with Crippen LogP contribution >= 0.6 is 24.0 Å². The van der Waals surface area contributed by atoms with Crippen molar-refractivity contribution in [1.29, 1.82) is 0 Å². The van der Waals surface area contributed by atoms with E-state index in [-0.39, 0.29) is 12.4 Å². The molecule has 1 heterocycles. The second-order valence-corrected chi connectivity index (χ2v) is 5.19. The average Bonchev–Trinajstić information content (AvgIpc) is 2.33. The number of piperidine rings is 1. The van der Waals surface area contributed by atoms with Gasteiger partial charge in [-0.1, -0.05) is 17.7 Å². The summed E-state index contributed by atoms with van der Waals surface area (Å²) in [5.74, 6) is 1.56. The number of rotatable bonds is 4. The lowest BCUT2D eigenvalue weighted by Crippen LogP contribution is -2.30. The lowest BCUT2D eigenvalue weighted by Gasteiger charge is -2.22. The highest BCUT2D eigenvalue weighted by atomic mass is 35.5. The van der Waals surface area contributed by atoms with Crippen LogP contribution in [0.5, 0.6) is 5.75 Å². The Morgan fingerprint density at radius 1 is 1.44 bits per heavy atom. The van der Waals surface area contributed by atoms with Crippen LogP contribution in [0.2, 0.25) is 5.02 Å². The highest BCUT2D eigenvalue weighted by molar-refractivity contribution is 6.32. The number of nitrogens with one attached hydrogen (secondary N) is 1. The van der Waals surface area contributed by atoms with E-state index in [2.05, 4.69) is 5.32 Å². The van der Waals surface area contributed by atoms with Crippen LogP contribution in [0.1, 0.15) is 24.8 Å². The molecular weight excluding hydrogens is 269 g/mol. The van der Waals surface area contributed by atoms with Crippen LogP contribution in [-0.4, -0.2) is 19.7 Å². The molecule has 2 rings (SSSR count). The quantitative estimate of drug-likeness (QED) is 0.909. The summed E-state index contributed by atoms with van der Waals surface area (Å²) in [7, 11) is 0. The number of aryl methyl sites for hydroxylation is 1. The van der Waals surface area contributed by atoms with Crippen molar-refractivity contribution in [3.05, 3.63) is 28.8 Å². The first-order valence-corrected chi connectivity index (χ1v) is 6.73. The number of hydrogen-bond donors (Lipinski definition) is 1. The molecule has 1 saturated heterocycles. The van der Waals surface area contributed by atoms with Crippen molar-refractivity contribution in [2.75, 3.05) is 19.7 Å². The molecule has 0 aromatic heterocycles. The summed E-state index contributed by atoms with van der Waals surface area (Å²) < 4.78 is 5.73. The third-order valence-corrected chi connectivity index (χ3v) is 3.57. The van der Waals surface area contributed by atoms with Crippen molar-refractivity contribution >= 4 is 24.0 Å². The standard InChI is InChI=1S/C14H20ClNO.ClH/c1-11-4-5-14(13(15)9-11)17-8-6-12-3-2-7-16-10-12;/h4-5,9,12,16H,2-3,6-8,10H2,1H3;1H. The van der Waals surface area contributed by atoms with Gasteiger partial charge in [0.15, 0.2) is 0 Å². The van der Waals surface area contributed by atoms with Crippen molar-refractivity contribution in [2.45, 2.75) is 26.2 Å². The lowest BCUT2D eigenvalue weighted by molar-refractivity contribution is 0.254. The van der Waals surface area contributed by atoms with Crippen LogP contribution in [0.15, 0.2) is 18.2 Å². The first-order valence-electron chi connectivity index (χ1n) is 6.35. The molecule has 0 aliphatic carbocycles. The highest BCUT2D eigenvalue weighted by Gasteiger charge is 2.12. The minimum Gasteiger partial charge on any atom is -0.492 e. The van der Waals surface area contributed by atoms with E-state index in [4.69, 9.17) is 16.3 Å². The van der Waals surface area contributed by atoms with Gasteiger partial charge in [-0.2, -0.15) is 0 Å². The number of halogens is 2. The van der Waals surface area contributed by atoms with Gasteiger partial charge in [-0.25, -0.2) is 0 Å². The molecule has 1 aliphatic rings. The summed E-state index contributed by atoms with van der Waals surface area (Å²) in [5, 5.41) is 4.14. The molecule has 4 heteroatoms. The van der Waals surface area contributed by atoms with Crippen LogP contribution in [0, 0.1) is 12.8 Å². The monoisotopic (exact) mass is 289 g/mol. The number of ether oxygens (including phenoxy) is 1. The van der Waals surface area contributed by atoms with E-state index in [1.807, 2.05) is 25.1 Å². The van der Waals surface area contributed by atoms with E-state index < -0.39 is 0 Å². The van der Waals surface area contributed by atoms with Gasteiger partial charge in [-0.3, -0.25) is 0 Å². The Kier molecular flexibility index (Phi) is 6.83. The molecule has 0 radical (unpaired) electrons. The van der Waals surface area contributed by atoms with Crippen molar-refractivity contribution < 1.29 is 4.74 Å². The highest BCUT2D eigenvalue weighted by Crippen LogP contribution is 2.25. The van der Waals surface area contributed by atoms with Gasteiger partial charge in [0.25, 0.3) is 0 Å². The Bertz CT molecular complexity index is 365. The predicted octanol–water partition coefficient (Wildman–Crippen LogP) is 3.84. The maximum atomic E-state index is 6.11. The third kappa shape index (κ3) is 4.68. The zero-order valence-electron chi connectivity index (χ0n) is 10.7. The fourth-order valence-corrected chi connectivity index (χ4v) is 2.52. The summed E-state index contributed by atoms with van der Waals surface area (Å²) in [6.07, 6.45) is 3.71. The van der Waals surface area contributed by atoms with Gasteiger partial charge < -0.3 is 10.1 Å². The molecular formula is C14H21Cl2NO. The zero-order chi connectivity index (χ0) is 12.1. The summed E-state index contributed by atoms with van der Waals surface area (Å²) in [6, 6.07) is 5.93. The van der Waals surface area contributed by atoms with Gasteiger partial charge in [0, 0.05) is 0 Å². The fraction of sp³-hybridized carbons (Fsp3) is 0.571. The molecule has 18 heavy (non-hydrogen) atoms. The third-order valence-electron chi connectivity index (χ3n) is 3.27. The minimum atomic E-state index is 0. The SMILES string of the molecule is Cc1ccc(OCCC2CCCNC2)c(Cl)c1.Cl. The topological polar surface area (TPSA) is 21.3 Å². The summed E-state index contributed by atoms with van der Waals surface area (Å²) in [6.45, 7) is 5.09. The molecule has 1 aromatic carbocycles. The molecule has 102 valence electrons. The van der Waals surface area contributed by atoms with E-state index >= 15 is 0 Å². The Labute approximate surface area is 120 Å². The van der Waals surface area contributed by atoms with E-state index in [1.165, 1.54) is 24.9 Å². The summed E-state index contributed by atoms with van der Waals surface area (Å²) in [4.78, 5) is 0. The van der Waals surface area contributed by atoms with E-state index in [0.717, 1.165) is 31.2 Å². The van der Waals surface area contributed by atoms with Crippen molar-refractivity contribution in [3.8, 4) is 5.75 Å². The predicted molar refractivity (Wildman–Crippen MR) is 79.1 cm³/mol. The maximum Gasteiger partial charge on any atom is 0.137 e. The molecule has 1 fully saturated rings. The van der Waals surface area contributed by atoms with E-state index in [1.54, 1.807) is 0 Å². The lowest BCUT2D eigenvalue weighted by atomic mass is 9.97. The van der Waals surface area contributed by atoms with Gasteiger partial charge in [0.2, 0.25) is 0 Å². The Hall–Kier alpha value is -0.440. The maximum absolute atomic E-state index is 6.11. The van der Waals surface area contributed by atoms with Gasteiger partial charge >= 0.3 is 0 Å². The molecule has 1 aromatic rings. The first kappa shape index (κ1) is 15.6. The second-order valence-electron chi connectivity index (χ2n) is 4.78. The molecule has 0 bridgehead atoms.